The van der Waals surface area contributed by atoms with E-state index in [1.54, 1.807) is 19.2 Å². The fraction of sp³-hybridized carbons (Fsp3) is 0.417. The van der Waals surface area contributed by atoms with Crippen LogP contribution in [0.15, 0.2) is 42.5 Å². The summed E-state index contributed by atoms with van der Waals surface area (Å²) in [6.45, 7) is 3.23. The van der Waals surface area contributed by atoms with Crippen LogP contribution in [0.25, 0.3) is 0 Å². The van der Waals surface area contributed by atoms with Crippen molar-refractivity contribution in [1.29, 1.82) is 0 Å². The molecule has 1 fully saturated rings. The number of methoxy groups -OCH3 is 1. The second kappa shape index (κ2) is 10.9. The number of fused-ring (bicyclic) bond motifs is 1. The summed E-state index contributed by atoms with van der Waals surface area (Å²) in [7, 11) is 1.61. The van der Waals surface area contributed by atoms with Crippen LogP contribution in [0, 0.1) is 0 Å². The lowest BCUT2D eigenvalue weighted by atomic mass is 10.1. The molecule has 9 nitrogen and oxygen atoms in total. The molecule has 2 aromatic rings. The van der Waals surface area contributed by atoms with Gasteiger partial charge in [-0.15, -0.1) is 0 Å². The van der Waals surface area contributed by atoms with Crippen molar-refractivity contribution in [2.24, 2.45) is 0 Å². The highest BCUT2D eigenvalue weighted by Gasteiger charge is 2.22. The molecule has 176 valence electrons. The number of urea groups is 1. The molecule has 0 aromatic heterocycles. The summed E-state index contributed by atoms with van der Waals surface area (Å²) in [5.41, 5.74) is 1.61. The summed E-state index contributed by atoms with van der Waals surface area (Å²) in [4.78, 5) is 26.8. The fourth-order valence-electron chi connectivity index (χ4n) is 4.02. The molecule has 0 spiro atoms. The van der Waals surface area contributed by atoms with Gasteiger partial charge in [-0.1, -0.05) is 18.2 Å². The average Bonchev–Trinajstić information content (AvgIpc) is 2.84. The van der Waals surface area contributed by atoms with Gasteiger partial charge in [0.2, 0.25) is 5.91 Å². The Balaban J connectivity index is 1.16. The number of ether oxygens (including phenoxy) is 3. The van der Waals surface area contributed by atoms with Crippen LogP contribution >= 0.6 is 0 Å². The fourth-order valence-corrected chi connectivity index (χ4v) is 4.02. The molecule has 0 saturated carbocycles. The molecule has 9 heteroatoms. The smallest absolute Gasteiger partial charge is 0.315 e. The second-order valence-corrected chi connectivity index (χ2v) is 8.10. The van der Waals surface area contributed by atoms with Crippen LogP contribution < -0.4 is 30.2 Å². The highest BCUT2D eigenvalue weighted by atomic mass is 16.6. The number of nitrogens with zero attached hydrogens (tertiary/aromatic N) is 1. The van der Waals surface area contributed by atoms with E-state index in [0.29, 0.717) is 43.5 Å². The number of nitrogens with one attached hydrogen (secondary N) is 3. The number of rotatable bonds is 7. The molecule has 0 atom stereocenters. The molecular formula is C24H30N4O5. The van der Waals surface area contributed by atoms with E-state index in [2.05, 4.69) is 20.9 Å². The highest BCUT2D eigenvalue weighted by Crippen LogP contribution is 2.32. The first-order valence-corrected chi connectivity index (χ1v) is 11.2. The molecule has 2 aliphatic rings. The molecule has 0 aliphatic carbocycles. The van der Waals surface area contributed by atoms with Gasteiger partial charge in [0, 0.05) is 43.0 Å². The topological polar surface area (TPSA) is 101 Å². The van der Waals surface area contributed by atoms with E-state index < -0.39 is 0 Å². The van der Waals surface area contributed by atoms with Crippen molar-refractivity contribution in [2.45, 2.75) is 25.4 Å². The van der Waals surface area contributed by atoms with Crippen molar-refractivity contribution in [3.8, 4) is 17.2 Å². The van der Waals surface area contributed by atoms with Gasteiger partial charge in [-0.2, -0.15) is 0 Å². The van der Waals surface area contributed by atoms with Crippen molar-refractivity contribution in [2.75, 3.05) is 45.3 Å². The van der Waals surface area contributed by atoms with E-state index in [1.807, 2.05) is 30.3 Å². The Morgan fingerprint density at radius 1 is 1.06 bits per heavy atom. The van der Waals surface area contributed by atoms with Crippen LogP contribution in [0.5, 0.6) is 17.2 Å². The van der Waals surface area contributed by atoms with E-state index in [9.17, 15) is 9.59 Å². The lowest BCUT2D eigenvalue weighted by molar-refractivity contribution is -0.117. The summed E-state index contributed by atoms with van der Waals surface area (Å²) in [5.74, 6) is 2.02. The maximum absolute atomic E-state index is 12.5. The summed E-state index contributed by atoms with van der Waals surface area (Å²) >= 11 is 0. The molecule has 3 amide bonds. The Morgan fingerprint density at radius 2 is 1.82 bits per heavy atom. The molecule has 0 unspecified atom stereocenters. The zero-order valence-corrected chi connectivity index (χ0v) is 18.8. The summed E-state index contributed by atoms with van der Waals surface area (Å²) in [6, 6.07) is 12.9. The Labute approximate surface area is 193 Å². The third kappa shape index (κ3) is 6.29. The minimum Gasteiger partial charge on any atom is -0.496 e. The number of carbonyl (C=O) groups is 2. The van der Waals surface area contributed by atoms with E-state index in [0.717, 1.165) is 37.2 Å². The van der Waals surface area contributed by atoms with Gasteiger partial charge in [-0.3, -0.25) is 9.69 Å². The molecule has 0 bridgehead atoms. The SMILES string of the molecule is COc1ccccc1CNC(=O)NC1CCN(CC(=O)Nc2ccc3c(c2)OCCO3)CC1. The number of likely N-dealkylation sites (tertiary alicyclic amines) is 1. The number of carbonyl (C=O) groups excluding carboxylic acids is 2. The van der Waals surface area contributed by atoms with Crippen LogP contribution in [0.3, 0.4) is 0 Å². The third-order valence-corrected chi connectivity index (χ3v) is 5.75. The molecule has 33 heavy (non-hydrogen) atoms. The van der Waals surface area contributed by atoms with Crippen LogP contribution in [0.2, 0.25) is 0 Å². The van der Waals surface area contributed by atoms with Gasteiger partial charge in [0.15, 0.2) is 11.5 Å². The van der Waals surface area contributed by atoms with Crippen LogP contribution in [-0.2, 0) is 11.3 Å². The molecule has 0 radical (unpaired) electrons. The first-order chi connectivity index (χ1) is 16.1. The Morgan fingerprint density at radius 3 is 2.61 bits per heavy atom. The maximum atomic E-state index is 12.5. The van der Waals surface area contributed by atoms with Crippen LogP contribution in [0.1, 0.15) is 18.4 Å². The largest absolute Gasteiger partial charge is 0.496 e. The number of benzene rings is 2. The average molecular weight is 455 g/mol. The lowest BCUT2D eigenvalue weighted by Gasteiger charge is -2.31. The number of hydrogen-bond acceptors (Lipinski definition) is 6. The maximum Gasteiger partial charge on any atom is 0.315 e. The number of amides is 3. The van der Waals surface area contributed by atoms with Gasteiger partial charge in [-0.25, -0.2) is 4.79 Å². The van der Waals surface area contributed by atoms with Crippen molar-refractivity contribution in [3.63, 3.8) is 0 Å². The van der Waals surface area contributed by atoms with Gasteiger partial charge >= 0.3 is 6.03 Å². The minimum atomic E-state index is -0.198. The third-order valence-electron chi connectivity index (χ3n) is 5.75. The zero-order valence-electron chi connectivity index (χ0n) is 18.8. The molecule has 2 heterocycles. The standard InChI is InChI=1S/C24H30N4O5/c1-31-20-5-3-2-4-17(20)15-25-24(30)27-18-8-10-28(11-9-18)16-23(29)26-19-6-7-21-22(14-19)33-13-12-32-21/h2-7,14,18H,8-13,15-16H2,1H3,(H,26,29)(H2,25,27,30). The summed E-state index contributed by atoms with van der Waals surface area (Å²) in [5, 5.41) is 8.83. The second-order valence-electron chi connectivity index (χ2n) is 8.10. The van der Waals surface area contributed by atoms with Gasteiger partial charge in [-0.05, 0) is 31.0 Å². The van der Waals surface area contributed by atoms with Gasteiger partial charge in [0.05, 0.1) is 13.7 Å². The molecule has 1 saturated heterocycles. The molecule has 2 aromatic carbocycles. The predicted molar refractivity (Wildman–Crippen MR) is 124 cm³/mol. The Kier molecular flexibility index (Phi) is 7.51. The van der Waals surface area contributed by atoms with E-state index in [1.165, 1.54) is 0 Å². The summed E-state index contributed by atoms with van der Waals surface area (Å²) in [6.07, 6.45) is 1.58. The first-order valence-electron chi connectivity index (χ1n) is 11.2. The van der Waals surface area contributed by atoms with Gasteiger partial charge in [0.25, 0.3) is 0 Å². The van der Waals surface area contributed by atoms with Crippen molar-refractivity contribution >= 4 is 17.6 Å². The van der Waals surface area contributed by atoms with Gasteiger partial charge < -0.3 is 30.2 Å². The minimum absolute atomic E-state index is 0.0763. The molecular weight excluding hydrogens is 424 g/mol. The van der Waals surface area contributed by atoms with Gasteiger partial charge in [0.1, 0.15) is 19.0 Å². The quantitative estimate of drug-likeness (QED) is 0.594. The number of piperidine rings is 1. The normalized spacial score (nSPS) is 16.0. The predicted octanol–water partition coefficient (Wildman–Crippen LogP) is 2.37. The molecule has 4 rings (SSSR count). The number of para-hydroxylation sites is 1. The van der Waals surface area contributed by atoms with Crippen molar-refractivity contribution in [1.82, 2.24) is 15.5 Å². The number of hydrogen-bond donors (Lipinski definition) is 3. The van der Waals surface area contributed by atoms with E-state index in [-0.39, 0.29) is 18.0 Å². The zero-order chi connectivity index (χ0) is 23.0. The molecule has 3 N–H and O–H groups in total. The van der Waals surface area contributed by atoms with Crippen LogP contribution in [-0.4, -0.2) is 62.8 Å². The monoisotopic (exact) mass is 454 g/mol. The van der Waals surface area contributed by atoms with Crippen LogP contribution in [0.4, 0.5) is 10.5 Å². The number of anilines is 1. The van der Waals surface area contributed by atoms with E-state index in [4.69, 9.17) is 14.2 Å². The summed E-state index contributed by atoms with van der Waals surface area (Å²) < 4.78 is 16.4. The molecule has 2 aliphatic heterocycles. The lowest BCUT2D eigenvalue weighted by Crippen LogP contribution is -2.48. The Bertz CT molecular complexity index is 975. The van der Waals surface area contributed by atoms with E-state index >= 15 is 0 Å². The Hall–Kier alpha value is -3.46. The van der Waals surface area contributed by atoms with Crippen molar-refractivity contribution < 1.29 is 23.8 Å². The first kappa shape index (κ1) is 22.7. The van der Waals surface area contributed by atoms with Crippen molar-refractivity contribution in [3.05, 3.63) is 48.0 Å². The highest BCUT2D eigenvalue weighted by molar-refractivity contribution is 5.92.